The highest BCUT2D eigenvalue weighted by molar-refractivity contribution is 5.16. The average Bonchev–Trinajstić information content (AvgIpc) is 2.36. The Kier molecular flexibility index (Phi) is 1.24. The van der Waals surface area contributed by atoms with Crippen molar-refractivity contribution in [2.75, 3.05) is 0 Å². The molecule has 2 bridgehead atoms. The monoisotopic (exact) mass is 154 g/mol. The maximum Gasteiger partial charge on any atom is 0.0336 e. The lowest BCUT2D eigenvalue weighted by molar-refractivity contribution is 0.161. The van der Waals surface area contributed by atoms with E-state index in [1.54, 1.807) is 0 Å². The number of hydrogen-bond acceptors (Lipinski definition) is 2. The summed E-state index contributed by atoms with van der Waals surface area (Å²) in [6.07, 6.45) is 3.82. The van der Waals surface area contributed by atoms with Crippen molar-refractivity contribution in [3.63, 3.8) is 0 Å². The van der Waals surface area contributed by atoms with Crippen molar-refractivity contribution in [2.24, 2.45) is 22.8 Å². The molecule has 2 rings (SSSR count). The quantitative estimate of drug-likeness (QED) is 0.543. The van der Waals surface area contributed by atoms with Crippen LogP contribution in [0.2, 0.25) is 0 Å². The Morgan fingerprint density at radius 1 is 1.36 bits per heavy atom. The van der Waals surface area contributed by atoms with E-state index in [0.717, 1.165) is 0 Å². The molecule has 2 heteroatoms. The minimum atomic E-state index is -0.115. The Labute approximate surface area is 68.3 Å². The molecule has 0 aromatic heterocycles. The van der Waals surface area contributed by atoms with Crippen LogP contribution < -0.4 is 11.5 Å². The second-order valence-electron chi connectivity index (χ2n) is 4.87. The molecule has 0 spiro atoms. The predicted molar refractivity (Wildman–Crippen MR) is 46.0 cm³/mol. The fraction of sp³-hybridized carbons (Fsp3) is 1.00. The molecule has 2 saturated carbocycles. The first-order chi connectivity index (χ1) is 4.97. The summed E-state index contributed by atoms with van der Waals surface area (Å²) >= 11 is 0. The molecule has 0 aromatic rings. The van der Waals surface area contributed by atoms with Crippen LogP contribution in [0.25, 0.3) is 0 Å². The van der Waals surface area contributed by atoms with E-state index in [4.69, 9.17) is 11.5 Å². The van der Waals surface area contributed by atoms with Crippen LogP contribution in [0.3, 0.4) is 0 Å². The molecule has 0 aliphatic heterocycles. The van der Waals surface area contributed by atoms with Crippen molar-refractivity contribution >= 4 is 0 Å². The highest BCUT2D eigenvalue weighted by Gasteiger charge is 2.59. The van der Waals surface area contributed by atoms with Crippen LogP contribution in [0.15, 0.2) is 0 Å². The predicted octanol–water partition coefficient (Wildman–Crippen LogP) is 0.851. The van der Waals surface area contributed by atoms with Crippen LogP contribution >= 0.6 is 0 Å². The maximum atomic E-state index is 6.22. The van der Waals surface area contributed by atoms with Crippen molar-refractivity contribution in [1.29, 1.82) is 0 Å². The van der Waals surface area contributed by atoms with Crippen molar-refractivity contribution in [3.05, 3.63) is 0 Å². The zero-order chi connectivity index (χ0) is 8.28. The van der Waals surface area contributed by atoms with Gasteiger partial charge in [0.05, 0.1) is 0 Å². The summed E-state index contributed by atoms with van der Waals surface area (Å²) in [6, 6.07) is 0.237. The third kappa shape index (κ3) is 0.695. The summed E-state index contributed by atoms with van der Waals surface area (Å²) in [5.41, 5.74) is 12.5. The molecule has 0 amide bonds. The maximum absolute atomic E-state index is 6.22. The molecular formula is C9H18N2. The third-order valence-electron chi connectivity index (χ3n) is 4.28. The fourth-order valence-electron chi connectivity index (χ4n) is 2.97. The Balaban J connectivity index is 2.36. The lowest BCUT2D eigenvalue weighted by atomic mass is 9.70. The number of nitrogens with two attached hydrogens (primary N) is 2. The van der Waals surface area contributed by atoms with Gasteiger partial charge < -0.3 is 11.5 Å². The first-order valence-electron chi connectivity index (χ1n) is 4.52. The molecule has 2 nitrogen and oxygen atoms in total. The van der Waals surface area contributed by atoms with Crippen LogP contribution in [0.4, 0.5) is 0 Å². The highest BCUT2D eigenvalue weighted by Crippen LogP contribution is 2.57. The summed E-state index contributed by atoms with van der Waals surface area (Å²) in [6.45, 7) is 4.41. The van der Waals surface area contributed by atoms with E-state index in [0.29, 0.717) is 11.3 Å². The van der Waals surface area contributed by atoms with Crippen LogP contribution in [0, 0.1) is 11.3 Å². The molecule has 0 saturated heterocycles. The molecule has 0 aromatic carbocycles. The normalized spacial score (nSPS) is 62.2. The van der Waals surface area contributed by atoms with E-state index in [-0.39, 0.29) is 11.6 Å². The van der Waals surface area contributed by atoms with Crippen molar-refractivity contribution in [2.45, 2.75) is 44.7 Å². The molecule has 0 heterocycles. The van der Waals surface area contributed by atoms with Crippen LogP contribution in [-0.4, -0.2) is 11.6 Å². The van der Waals surface area contributed by atoms with Crippen LogP contribution in [0.5, 0.6) is 0 Å². The second-order valence-corrected chi connectivity index (χ2v) is 4.87. The SMILES string of the molecule is CC12CCC(C1)C(N)C2(C)N. The first kappa shape index (κ1) is 7.56. The Morgan fingerprint density at radius 2 is 2.00 bits per heavy atom. The van der Waals surface area contributed by atoms with E-state index in [1.165, 1.54) is 19.3 Å². The lowest BCUT2D eigenvalue weighted by Gasteiger charge is -2.42. The fourth-order valence-corrected chi connectivity index (χ4v) is 2.97. The van der Waals surface area contributed by atoms with Gasteiger partial charge in [-0.1, -0.05) is 6.92 Å². The van der Waals surface area contributed by atoms with Gasteiger partial charge in [-0.15, -0.1) is 0 Å². The summed E-state index contributed by atoms with van der Waals surface area (Å²) in [5, 5.41) is 0. The minimum Gasteiger partial charge on any atom is -0.326 e. The lowest BCUT2D eigenvalue weighted by Crippen LogP contribution is -2.60. The molecule has 2 aliphatic rings. The topological polar surface area (TPSA) is 52.0 Å². The largest absolute Gasteiger partial charge is 0.326 e. The molecule has 64 valence electrons. The number of rotatable bonds is 0. The number of fused-ring (bicyclic) bond motifs is 2. The third-order valence-corrected chi connectivity index (χ3v) is 4.28. The standard InChI is InChI=1S/C9H18N2/c1-8-4-3-6(5-8)7(10)9(8,2)11/h6-7H,3-5,10-11H2,1-2H3. The van der Waals surface area contributed by atoms with Gasteiger partial charge in [-0.05, 0) is 37.5 Å². The van der Waals surface area contributed by atoms with Gasteiger partial charge in [-0.25, -0.2) is 0 Å². The number of hydrogen-bond donors (Lipinski definition) is 2. The molecule has 2 fully saturated rings. The molecule has 11 heavy (non-hydrogen) atoms. The van der Waals surface area contributed by atoms with E-state index < -0.39 is 0 Å². The van der Waals surface area contributed by atoms with Gasteiger partial charge in [-0.2, -0.15) is 0 Å². The Morgan fingerprint density at radius 3 is 2.27 bits per heavy atom. The zero-order valence-corrected chi connectivity index (χ0v) is 7.43. The van der Waals surface area contributed by atoms with Crippen molar-refractivity contribution < 1.29 is 0 Å². The van der Waals surface area contributed by atoms with E-state index in [1.807, 2.05) is 0 Å². The van der Waals surface area contributed by atoms with E-state index in [2.05, 4.69) is 13.8 Å². The molecule has 0 radical (unpaired) electrons. The zero-order valence-electron chi connectivity index (χ0n) is 7.43. The van der Waals surface area contributed by atoms with Crippen molar-refractivity contribution in [3.8, 4) is 0 Å². The molecule has 4 atom stereocenters. The van der Waals surface area contributed by atoms with Gasteiger partial charge in [0.15, 0.2) is 0 Å². The Bertz CT molecular complexity index is 185. The smallest absolute Gasteiger partial charge is 0.0336 e. The molecule has 4 unspecified atom stereocenters. The molecule has 2 aliphatic carbocycles. The van der Waals surface area contributed by atoms with Gasteiger partial charge in [0.1, 0.15) is 0 Å². The van der Waals surface area contributed by atoms with Gasteiger partial charge in [0.25, 0.3) is 0 Å². The Hall–Kier alpha value is -0.0800. The summed E-state index contributed by atoms with van der Waals surface area (Å²) < 4.78 is 0. The van der Waals surface area contributed by atoms with E-state index in [9.17, 15) is 0 Å². The van der Waals surface area contributed by atoms with Gasteiger partial charge >= 0.3 is 0 Å². The average molecular weight is 154 g/mol. The molecule has 4 N–H and O–H groups in total. The van der Waals surface area contributed by atoms with Gasteiger partial charge in [0.2, 0.25) is 0 Å². The van der Waals surface area contributed by atoms with Gasteiger partial charge in [0, 0.05) is 11.6 Å². The van der Waals surface area contributed by atoms with Crippen LogP contribution in [-0.2, 0) is 0 Å². The minimum absolute atomic E-state index is 0.115. The summed E-state index contributed by atoms with van der Waals surface area (Å²) in [7, 11) is 0. The first-order valence-corrected chi connectivity index (χ1v) is 4.52. The summed E-state index contributed by atoms with van der Waals surface area (Å²) in [5.74, 6) is 0.704. The molecular weight excluding hydrogens is 136 g/mol. The van der Waals surface area contributed by atoms with Crippen molar-refractivity contribution in [1.82, 2.24) is 0 Å². The summed E-state index contributed by atoms with van der Waals surface area (Å²) in [4.78, 5) is 0. The van der Waals surface area contributed by atoms with Gasteiger partial charge in [-0.3, -0.25) is 0 Å². The second kappa shape index (κ2) is 1.80. The highest BCUT2D eigenvalue weighted by atomic mass is 14.9. The van der Waals surface area contributed by atoms with E-state index >= 15 is 0 Å². The van der Waals surface area contributed by atoms with Crippen LogP contribution in [0.1, 0.15) is 33.1 Å².